The standard InChI is InChI=1S/C10H10N4O/c11-13-8-5-9(14-12)10(15)7-4-2-1-3-6(7)8/h1-5,12-13,15H,11H2. The summed E-state index contributed by atoms with van der Waals surface area (Å²) in [6, 6.07) is 8.76. The number of nitrogens with one attached hydrogen (secondary N) is 2. The molecule has 2 aromatic carbocycles. The minimum absolute atomic E-state index is 0.000370. The first-order valence-electron chi connectivity index (χ1n) is 4.36. The Kier molecular flexibility index (Phi) is 2.23. The molecule has 76 valence electrons. The van der Waals surface area contributed by atoms with Crippen molar-refractivity contribution in [1.29, 1.82) is 5.53 Å². The van der Waals surface area contributed by atoms with Crippen molar-refractivity contribution in [1.82, 2.24) is 0 Å². The average molecular weight is 202 g/mol. The molecule has 0 atom stereocenters. The van der Waals surface area contributed by atoms with Gasteiger partial charge in [0.05, 0.1) is 5.69 Å². The lowest BCUT2D eigenvalue weighted by atomic mass is 10.1. The molecular weight excluding hydrogens is 192 g/mol. The SMILES string of the molecule is N=Nc1cc(NN)c2ccccc2c1O. The maximum atomic E-state index is 9.79. The zero-order valence-corrected chi connectivity index (χ0v) is 7.86. The largest absolute Gasteiger partial charge is 0.505 e. The third-order valence-electron chi connectivity index (χ3n) is 2.27. The number of nitrogens with zero attached hydrogens (tertiary/aromatic N) is 1. The van der Waals surface area contributed by atoms with Crippen molar-refractivity contribution >= 4 is 22.1 Å². The second kappa shape index (κ2) is 3.55. The van der Waals surface area contributed by atoms with Gasteiger partial charge in [-0.3, -0.25) is 5.84 Å². The smallest absolute Gasteiger partial charge is 0.151 e. The van der Waals surface area contributed by atoms with Crippen LogP contribution in [0.4, 0.5) is 11.4 Å². The van der Waals surface area contributed by atoms with Crippen LogP contribution in [-0.2, 0) is 0 Å². The van der Waals surface area contributed by atoms with Gasteiger partial charge in [0, 0.05) is 10.8 Å². The predicted molar refractivity (Wildman–Crippen MR) is 58.2 cm³/mol. The first kappa shape index (κ1) is 9.42. The van der Waals surface area contributed by atoms with E-state index in [2.05, 4.69) is 10.5 Å². The van der Waals surface area contributed by atoms with Crippen molar-refractivity contribution in [3.63, 3.8) is 0 Å². The summed E-state index contributed by atoms with van der Waals surface area (Å²) in [4.78, 5) is 0. The van der Waals surface area contributed by atoms with Gasteiger partial charge in [-0.15, -0.1) is 0 Å². The van der Waals surface area contributed by atoms with Gasteiger partial charge in [0.2, 0.25) is 0 Å². The molecule has 0 unspecified atom stereocenters. The van der Waals surface area contributed by atoms with Crippen LogP contribution >= 0.6 is 0 Å². The number of benzene rings is 2. The number of nitrogens with two attached hydrogens (primary N) is 1. The highest BCUT2D eigenvalue weighted by atomic mass is 16.3. The number of aromatic hydroxyl groups is 1. The number of rotatable bonds is 2. The Balaban J connectivity index is 2.89. The molecule has 0 spiro atoms. The molecule has 5 heteroatoms. The Hall–Kier alpha value is -2.14. The van der Waals surface area contributed by atoms with Crippen LogP contribution in [-0.4, -0.2) is 5.11 Å². The van der Waals surface area contributed by atoms with Crippen molar-refractivity contribution in [3.05, 3.63) is 30.3 Å². The average Bonchev–Trinajstić information content (AvgIpc) is 2.30. The highest BCUT2D eigenvalue weighted by molar-refractivity contribution is 6.01. The molecular formula is C10H10N4O. The Morgan fingerprint density at radius 1 is 1.27 bits per heavy atom. The zero-order chi connectivity index (χ0) is 10.8. The highest BCUT2D eigenvalue weighted by Gasteiger charge is 2.09. The summed E-state index contributed by atoms with van der Waals surface area (Å²) in [7, 11) is 0. The van der Waals surface area contributed by atoms with Gasteiger partial charge >= 0.3 is 0 Å². The van der Waals surface area contributed by atoms with Crippen LogP contribution in [0.5, 0.6) is 5.75 Å². The third kappa shape index (κ3) is 1.38. The summed E-state index contributed by atoms with van der Waals surface area (Å²) in [5, 5.41) is 14.4. The quantitative estimate of drug-likeness (QED) is 0.261. The van der Waals surface area contributed by atoms with Crippen molar-refractivity contribution < 1.29 is 5.11 Å². The minimum Gasteiger partial charge on any atom is -0.505 e. The van der Waals surface area contributed by atoms with E-state index in [0.29, 0.717) is 11.1 Å². The van der Waals surface area contributed by atoms with Gasteiger partial charge in [-0.05, 0) is 6.07 Å². The third-order valence-corrected chi connectivity index (χ3v) is 2.27. The molecule has 5 nitrogen and oxygen atoms in total. The summed E-state index contributed by atoms with van der Waals surface area (Å²) in [6.07, 6.45) is 0. The van der Waals surface area contributed by atoms with Crippen LogP contribution < -0.4 is 11.3 Å². The van der Waals surface area contributed by atoms with Crippen LogP contribution in [0.15, 0.2) is 35.4 Å². The molecule has 0 aliphatic rings. The van der Waals surface area contributed by atoms with Gasteiger partial charge in [-0.2, -0.15) is 5.11 Å². The van der Waals surface area contributed by atoms with E-state index in [1.54, 1.807) is 12.1 Å². The number of nitrogen functional groups attached to an aromatic ring is 1. The van der Waals surface area contributed by atoms with E-state index in [0.717, 1.165) is 5.39 Å². The first-order valence-corrected chi connectivity index (χ1v) is 4.36. The molecule has 0 aliphatic heterocycles. The van der Waals surface area contributed by atoms with Crippen molar-refractivity contribution in [2.24, 2.45) is 11.0 Å². The van der Waals surface area contributed by atoms with E-state index in [4.69, 9.17) is 11.4 Å². The maximum Gasteiger partial charge on any atom is 0.151 e. The van der Waals surface area contributed by atoms with Crippen molar-refractivity contribution in [2.45, 2.75) is 0 Å². The van der Waals surface area contributed by atoms with Crippen molar-refractivity contribution in [3.8, 4) is 5.75 Å². The van der Waals surface area contributed by atoms with Gasteiger partial charge in [-0.25, -0.2) is 5.53 Å². The number of hydrogen-bond donors (Lipinski definition) is 4. The predicted octanol–water partition coefficient (Wildman–Crippen LogP) is 2.49. The molecule has 0 bridgehead atoms. The number of hydrazine groups is 1. The van der Waals surface area contributed by atoms with Crippen LogP contribution in [0.1, 0.15) is 0 Å². The number of anilines is 1. The lowest BCUT2D eigenvalue weighted by Crippen LogP contribution is -2.06. The topological polar surface area (TPSA) is 94.5 Å². The molecule has 0 amide bonds. The normalized spacial score (nSPS) is 10.2. The molecule has 0 saturated carbocycles. The summed E-state index contributed by atoms with van der Waals surface area (Å²) in [5.41, 5.74) is 10.3. The van der Waals surface area contributed by atoms with E-state index < -0.39 is 0 Å². The van der Waals surface area contributed by atoms with Crippen LogP contribution in [0.3, 0.4) is 0 Å². The molecule has 0 aromatic heterocycles. The summed E-state index contributed by atoms with van der Waals surface area (Å²) < 4.78 is 0. The van der Waals surface area contributed by atoms with Crippen LogP contribution in [0, 0.1) is 5.53 Å². The molecule has 5 N–H and O–H groups in total. The molecule has 2 rings (SSSR count). The molecule has 0 aliphatic carbocycles. The van der Waals surface area contributed by atoms with Gasteiger partial charge in [-0.1, -0.05) is 24.3 Å². The Labute approximate surface area is 86.0 Å². The molecule has 15 heavy (non-hydrogen) atoms. The molecule has 2 aromatic rings. The van der Waals surface area contributed by atoms with Gasteiger partial charge in [0.1, 0.15) is 5.69 Å². The lowest BCUT2D eigenvalue weighted by Gasteiger charge is -2.08. The van der Waals surface area contributed by atoms with Gasteiger partial charge < -0.3 is 10.5 Å². The van der Waals surface area contributed by atoms with Crippen LogP contribution in [0.2, 0.25) is 0 Å². The van der Waals surface area contributed by atoms with E-state index >= 15 is 0 Å². The number of fused-ring (bicyclic) bond motifs is 1. The van der Waals surface area contributed by atoms with E-state index in [1.165, 1.54) is 6.07 Å². The second-order valence-corrected chi connectivity index (χ2v) is 3.09. The van der Waals surface area contributed by atoms with E-state index in [-0.39, 0.29) is 11.4 Å². The monoisotopic (exact) mass is 202 g/mol. The Morgan fingerprint density at radius 2 is 1.93 bits per heavy atom. The lowest BCUT2D eigenvalue weighted by molar-refractivity contribution is 0.482. The minimum atomic E-state index is -0.000370. The molecule has 0 radical (unpaired) electrons. The Bertz CT molecular complexity index is 524. The molecule has 0 heterocycles. The fourth-order valence-electron chi connectivity index (χ4n) is 1.55. The Morgan fingerprint density at radius 3 is 2.53 bits per heavy atom. The van der Waals surface area contributed by atoms with Crippen LogP contribution in [0.25, 0.3) is 10.8 Å². The fraction of sp³-hybridized carbons (Fsp3) is 0. The first-order chi connectivity index (χ1) is 7.27. The summed E-state index contributed by atoms with van der Waals surface area (Å²) >= 11 is 0. The van der Waals surface area contributed by atoms with Gasteiger partial charge in [0.15, 0.2) is 5.75 Å². The van der Waals surface area contributed by atoms with Crippen molar-refractivity contribution in [2.75, 3.05) is 5.43 Å². The second-order valence-electron chi connectivity index (χ2n) is 3.09. The fourth-order valence-corrected chi connectivity index (χ4v) is 1.55. The molecule has 0 fully saturated rings. The molecule has 0 saturated heterocycles. The summed E-state index contributed by atoms with van der Waals surface area (Å²) in [5.74, 6) is 5.35. The zero-order valence-electron chi connectivity index (χ0n) is 7.86. The van der Waals surface area contributed by atoms with Gasteiger partial charge in [0.25, 0.3) is 0 Å². The summed E-state index contributed by atoms with van der Waals surface area (Å²) in [6.45, 7) is 0. The van der Waals surface area contributed by atoms with E-state index in [1.807, 2.05) is 12.1 Å². The number of phenols is 1. The maximum absolute atomic E-state index is 9.79. The number of phenolic OH excluding ortho intramolecular Hbond substituents is 1. The highest BCUT2D eigenvalue weighted by Crippen LogP contribution is 2.38. The number of hydrogen-bond acceptors (Lipinski definition) is 5. The van der Waals surface area contributed by atoms with E-state index in [9.17, 15) is 5.11 Å².